The van der Waals surface area contributed by atoms with Gasteiger partial charge in [-0.3, -0.25) is 19.2 Å². The van der Waals surface area contributed by atoms with Gasteiger partial charge in [0.05, 0.1) is 11.1 Å². The molecule has 0 atom stereocenters. The summed E-state index contributed by atoms with van der Waals surface area (Å²) in [6.45, 7) is 32.4. The largest absolute Gasteiger partial charge is 0.367 e. The second-order valence-corrected chi connectivity index (χ2v) is 15.1. The first-order valence-corrected chi connectivity index (χ1v) is 16.6. The van der Waals surface area contributed by atoms with Crippen molar-refractivity contribution in [1.82, 2.24) is 19.9 Å². The maximum Gasteiger partial charge on any atom is 0.322 e. The van der Waals surface area contributed by atoms with Crippen molar-refractivity contribution in [3.05, 3.63) is 0 Å². The van der Waals surface area contributed by atoms with Crippen LogP contribution in [0.3, 0.4) is 0 Å². The highest BCUT2D eigenvalue weighted by Crippen LogP contribution is 2.44. The first-order chi connectivity index (χ1) is 20.0. The summed E-state index contributed by atoms with van der Waals surface area (Å²) in [6, 6.07) is 0. The lowest BCUT2D eigenvalue weighted by Crippen LogP contribution is -2.76. The molecule has 2 aliphatic heterocycles. The second-order valence-electron chi connectivity index (χ2n) is 15.1. The highest BCUT2D eigenvalue weighted by atomic mass is 16.7. The quantitative estimate of drug-likeness (QED) is 0.312. The van der Waals surface area contributed by atoms with Gasteiger partial charge < -0.3 is 19.5 Å². The number of amides is 2. The predicted octanol–water partition coefficient (Wildman–Crippen LogP) is 6.27. The Balaban J connectivity index is 0.000000442. The van der Waals surface area contributed by atoms with Crippen LogP contribution in [0.4, 0.5) is 0 Å². The molecule has 0 aromatic heterocycles. The van der Waals surface area contributed by atoms with Gasteiger partial charge in [0.1, 0.15) is 11.1 Å². The first kappa shape index (κ1) is 39.8. The van der Waals surface area contributed by atoms with Crippen LogP contribution in [0, 0.1) is 0 Å². The van der Waals surface area contributed by atoms with Crippen LogP contribution in [-0.2, 0) is 28.9 Å². The van der Waals surface area contributed by atoms with E-state index in [1.54, 1.807) is 10.1 Å². The molecule has 10 nitrogen and oxygen atoms in total. The number of hydrogen-bond acceptors (Lipinski definition) is 8. The maximum atomic E-state index is 13.4. The third-order valence-corrected chi connectivity index (χ3v) is 9.76. The normalized spacial score (nSPS) is 21.8. The number of hydroxylamine groups is 4. The van der Waals surface area contributed by atoms with Crippen molar-refractivity contribution >= 4 is 23.8 Å². The standard InChI is InChI=1S/C18H34N2O3.C16H30N2O3/c1-9-17(10-2)13-19(16(6,7)8)15(22)18(11-3,12-4)20(17)23-14(5)21;1-9-16(10-2)13(20)17(14(4,5)6)11-15(7,8)18(16)21-12(3)19/h9-13H2,1-8H3;9-11H2,1-8H3. The van der Waals surface area contributed by atoms with Crippen molar-refractivity contribution in [2.45, 2.75) is 183 Å². The number of hydrogen-bond donors (Lipinski definition) is 0. The van der Waals surface area contributed by atoms with Gasteiger partial charge in [-0.15, -0.1) is 10.1 Å². The number of piperazine rings is 2. The van der Waals surface area contributed by atoms with Crippen LogP contribution in [0.5, 0.6) is 0 Å². The lowest BCUT2D eigenvalue weighted by atomic mass is 9.77. The average molecular weight is 625 g/mol. The summed E-state index contributed by atoms with van der Waals surface area (Å²) >= 11 is 0. The van der Waals surface area contributed by atoms with Crippen molar-refractivity contribution in [2.24, 2.45) is 0 Å². The van der Waals surface area contributed by atoms with Gasteiger partial charge >= 0.3 is 11.9 Å². The molecule has 0 spiro atoms. The number of nitrogens with zero attached hydrogens (tertiary/aromatic N) is 4. The molecule has 44 heavy (non-hydrogen) atoms. The molecule has 2 aliphatic rings. The number of rotatable bonds is 8. The molecule has 2 saturated heterocycles. The van der Waals surface area contributed by atoms with Crippen molar-refractivity contribution in [1.29, 1.82) is 0 Å². The minimum atomic E-state index is -0.791. The number of carbonyl (C=O) groups is 4. The van der Waals surface area contributed by atoms with Crippen molar-refractivity contribution in [2.75, 3.05) is 13.1 Å². The lowest BCUT2D eigenvalue weighted by molar-refractivity contribution is -0.284. The molecule has 0 aromatic rings. The molecule has 0 aromatic carbocycles. The average Bonchev–Trinajstić information content (AvgIpc) is 2.91. The molecule has 2 heterocycles. The molecule has 0 N–H and O–H groups in total. The Bertz CT molecular complexity index is 1030. The van der Waals surface area contributed by atoms with Crippen LogP contribution in [0.2, 0.25) is 0 Å². The maximum absolute atomic E-state index is 13.4. The van der Waals surface area contributed by atoms with Crippen LogP contribution in [0.25, 0.3) is 0 Å². The van der Waals surface area contributed by atoms with Crippen LogP contribution in [0.15, 0.2) is 0 Å². The van der Waals surface area contributed by atoms with E-state index < -0.39 is 16.6 Å². The van der Waals surface area contributed by atoms with E-state index in [-0.39, 0.29) is 40.4 Å². The molecule has 0 unspecified atom stereocenters. The molecule has 0 saturated carbocycles. The summed E-state index contributed by atoms with van der Waals surface area (Å²) < 4.78 is 0. The molecule has 0 aliphatic carbocycles. The van der Waals surface area contributed by atoms with Crippen molar-refractivity contribution in [3.63, 3.8) is 0 Å². The molecular formula is C34H64N4O6. The zero-order valence-corrected chi connectivity index (χ0v) is 30.9. The Kier molecular flexibility index (Phi) is 12.7. The van der Waals surface area contributed by atoms with Gasteiger partial charge in [0.2, 0.25) is 11.8 Å². The Morgan fingerprint density at radius 1 is 0.614 bits per heavy atom. The predicted molar refractivity (Wildman–Crippen MR) is 174 cm³/mol. The summed E-state index contributed by atoms with van der Waals surface area (Å²) in [4.78, 5) is 64.8. The fraction of sp³-hybridized carbons (Fsp3) is 0.882. The third-order valence-electron chi connectivity index (χ3n) is 9.76. The Hall–Kier alpha value is -2.20. The van der Waals surface area contributed by atoms with E-state index in [1.807, 2.05) is 72.1 Å². The van der Waals surface area contributed by atoms with Gasteiger partial charge in [-0.2, -0.15) is 0 Å². The van der Waals surface area contributed by atoms with Crippen LogP contribution < -0.4 is 0 Å². The molecule has 0 radical (unpaired) electrons. The summed E-state index contributed by atoms with van der Waals surface area (Å²) in [5, 5.41) is 3.40. The molecule has 256 valence electrons. The summed E-state index contributed by atoms with van der Waals surface area (Å²) in [7, 11) is 0. The van der Waals surface area contributed by atoms with E-state index in [2.05, 4.69) is 34.6 Å². The van der Waals surface area contributed by atoms with Gasteiger partial charge in [0, 0.05) is 38.0 Å². The van der Waals surface area contributed by atoms with E-state index in [0.717, 1.165) is 12.8 Å². The SMILES string of the molecule is CCC1(CC)C(=O)N(C(C)(C)C)CC(C)(C)N1OC(C)=O.CCC1(CC)CN(C(C)(C)C)C(=O)C(CC)(CC)N1OC(C)=O. The van der Waals surface area contributed by atoms with Gasteiger partial charge in [0.25, 0.3) is 0 Å². The van der Waals surface area contributed by atoms with Gasteiger partial charge in [0.15, 0.2) is 0 Å². The van der Waals surface area contributed by atoms with Crippen LogP contribution in [-0.4, -0.2) is 90.0 Å². The zero-order chi connectivity index (χ0) is 34.7. The highest BCUT2D eigenvalue weighted by molar-refractivity contribution is 5.89. The lowest BCUT2D eigenvalue weighted by Gasteiger charge is -2.59. The van der Waals surface area contributed by atoms with E-state index in [4.69, 9.17) is 9.68 Å². The molecule has 10 heteroatoms. The van der Waals surface area contributed by atoms with Crippen molar-refractivity contribution in [3.8, 4) is 0 Å². The van der Waals surface area contributed by atoms with Gasteiger partial charge in [-0.25, -0.2) is 0 Å². The fourth-order valence-electron chi connectivity index (χ4n) is 6.84. The topological polar surface area (TPSA) is 99.7 Å². The fourth-order valence-corrected chi connectivity index (χ4v) is 6.84. The Morgan fingerprint density at radius 2 is 0.932 bits per heavy atom. The van der Waals surface area contributed by atoms with Crippen LogP contribution >= 0.6 is 0 Å². The van der Waals surface area contributed by atoms with E-state index in [1.165, 1.54) is 13.8 Å². The van der Waals surface area contributed by atoms with Gasteiger partial charge in [-0.05, 0) is 93.9 Å². The molecule has 2 fully saturated rings. The Morgan fingerprint density at radius 3 is 1.23 bits per heavy atom. The van der Waals surface area contributed by atoms with E-state index in [9.17, 15) is 19.2 Å². The Labute approximate surface area is 268 Å². The highest BCUT2D eigenvalue weighted by Gasteiger charge is 2.60. The van der Waals surface area contributed by atoms with E-state index >= 15 is 0 Å². The number of carbonyl (C=O) groups excluding carboxylic acids is 4. The summed E-state index contributed by atoms with van der Waals surface area (Å²) in [6.07, 6.45) is 4.07. The summed E-state index contributed by atoms with van der Waals surface area (Å²) in [5.41, 5.74) is -2.88. The minimum Gasteiger partial charge on any atom is -0.367 e. The van der Waals surface area contributed by atoms with E-state index in [0.29, 0.717) is 38.8 Å². The zero-order valence-electron chi connectivity index (χ0n) is 30.9. The minimum absolute atomic E-state index is 0.0422. The van der Waals surface area contributed by atoms with Crippen molar-refractivity contribution < 1.29 is 28.9 Å². The van der Waals surface area contributed by atoms with Gasteiger partial charge in [-0.1, -0.05) is 41.5 Å². The molecule has 2 amide bonds. The molecular weight excluding hydrogens is 560 g/mol. The monoisotopic (exact) mass is 624 g/mol. The third kappa shape index (κ3) is 7.43. The molecule has 0 bridgehead atoms. The first-order valence-electron chi connectivity index (χ1n) is 16.6. The summed E-state index contributed by atoms with van der Waals surface area (Å²) in [5.74, 6) is -0.639. The second kappa shape index (κ2) is 14.1. The molecule has 2 rings (SSSR count). The van der Waals surface area contributed by atoms with Crippen LogP contribution in [0.1, 0.15) is 149 Å². The smallest absolute Gasteiger partial charge is 0.322 e.